The maximum absolute atomic E-state index is 6.44. The number of ether oxygens (including phenoxy) is 1. The molecular weight excluding hydrogens is 248 g/mol. The minimum Gasteiger partial charge on any atom is -0.399 e. The second-order valence-electron chi connectivity index (χ2n) is 6.75. The highest BCUT2D eigenvalue weighted by atomic mass is 16.5. The fourth-order valence-corrected chi connectivity index (χ4v) is 4.34. The van der Waals surface area contributed by atoms with Gasteiger partial charge in [-0.15, -0.1) is 0 Å². The molecule has 1 unspecified atom stereocenters. The van der Waals surface area contributed by atoms with Gasteiger partial charge in [0.05, 0.1) is 11.7 Å². The van der Waals surface area contributed by atoms with Gasteiger partial charge in [0, 0.05) is 24.5 Å². The van der Waals surface area contributed by atoms with Crippen molar-refractivity contribution in [3.63, 3.8) is 0 Å². The molecule has 1 spiro atoms. The topological polar surface area (TPSA) is 38.5 Å². The number of benzene rings is 1. The van der Waals surface area contributed by atoms with Crippen LogP contribution in [0.5, 0.6) is 0 Å². The SMILES string of the molecule is Nc1ccc2c(c1)CCN2CC1CCC2(CCCC2)O1. The van der Waals surface area contributed by atoms with E-state index in [2.05, 4.69) is 17.0 Å². The van der Waals surface area contributed by atoms with Gasteiger partial charge in [0.15, 0.2) is 0 Å². The van der Waals surface area contributed by atoms with Crippen LogP contribution in [0.1, 0.15) is 44.1 Å². The Bertz CT molecular complexity index is 508. The lowest BCUT2D eigenvalue weighted by molar-refractivity contribution is -0.0326. The molecule has 2 heterocycles. The van der Waals surface area contributed by atoms with Crippen molar-refractivity contribution in [3.05, 3.63) is 23.8 Å². The third-order valence-corrected chi connectivity index (χ3v) is 5.37. The molecule has 2 aliphatic heterocycles. The van der Waals surface area contributed by atoms with E-state index in [9.17, 15) is 0 Å². The average Bonchev–Trinajstić information content (AvgIpc) is 3.14. The maximum atomic E-state index is 6.44. The molecule has 3 heteroatoms. The molecule has 3 aliphatic rings. The third kappa shape index (κ3) is 2.08. The number of fused-ring (bicyclic) bond motifs is 1. The van der Waals surface area contributed by atoms with Crippen LogP contribution in [-0.4, -0.2) is 24.8 Å². The van der Waals surface area contributed by atoms with E-state index < -0.39 is 0 Å². The van der Waals surface area contributed by atoms with Crippen molar-refractivity contribution >= 4 is 11.4 Å². The van der Waals surface area contributed by atoms with Crippen molar-refractivity contribution in [2.75, 3.05) is 23.7 Å². The van der Waals surface area contributed by atoms with E-state index in [1.165, 1.54) is 49.8 Å². The van der Waals surface area contributed by atoms with Crippen molar-refractivity contribution in [1.29, 1.82) is 0 Å². The van der Waals surface area contributed by atoms with Crippen LogP contribution in [0.3, 0.4) is 0 Å². The predicted octanol–water partition coefficient (Wildman–Crippen LogP) is 3.12. The minimum absolute atomic E-state index is 0.258. The Morgan fingerprint density at radius 3 is 2.95 bits per heavy atom. The van der Waals surface area contributed by atoms with Crippen molar-refractivity contribution < 1.29 is 4.74 Å². The highest BCUT2D eigenvalue weighted by Gasteiger charge is 2.42. The summed E-state index contributed by atoms with van der Waals surface area (Å²) < 4.78 is 6.44. The molecule has 108 valence electrons. The molecule has 1 saturated carbocycles. The summed E-state index contributed by atoms with van der Waals surface area (Å²) in [5.74, 6) is 0. The largest absolute Gasteiger partial charge is 0.399 e. The van der Waals surface area contributed by atoms with Crippen molar-refractivity contribution in [1.82, 2.24) is 0 Å². The van der Waals surface area contributed by atoms with Crippen LogP contribution in [0.2, 0.25) is 0 Å². The lowest BCUT2D eigenvalue weighted by atomic mass is 9.98. The summed E-state index contributed by atoms with van der Waals surface area (Å²) in [5, 5.41) is 0. The summed E-state index contributed by atoms with van der Waals surface area (Å²) >= 11 is 0. The first-order valence-corrected chi connectivity index (χ1v) is 8.05. The molecule has 3 nitrogen and oxygen atoms in total. The summed E-state index contributed by atoms with van der Waals surface area (Å²) in [6.07, 6.45) is 9.36. The van der Waals surface area contributed by atoms with Crippen LogP contribution in [0, 0.1) is 0 Å². The summed E-state index contributed by atoms with van der Waals surface area (Å²) in [5.41, 5.74) is 9.79. The molecule has 4 rings (SSSR count). The Morgan fingerprint density at radius 2 is 2.10 bits per heavy atom. The van der Waals surface area contributed by atoms with Gasteiger partial charge in [-0.1, -0.05) is 12.8 Å². The zero-order valence-electron chi connectivity index (χ0n) is 12.1. The van der Waals surface area contributed by atoms with Crippen LogP contribution < -0.4 is 10.6 Å². The van der Waals surface area contributed by atoms with Gasteiger partial charge in [0.1, 0.15) is 0 Å². The van der Waals surface area contributed by atoms with E-state index in [0.717, 1.165) is 25.2 Å². The number of hydrogen-bond donors (Lipinski definition) is 1. The summed E-state index contributed by atoms with van der Waals surface area (Å²) in [6.45, 7) is 2.17. The standard InChI is InChI=1S/C17H24N2O/c18-14-3-4-16-13(11-14)6-10-19(16)12-15-5-9-17(20-15)7-1-2-8-17/h3-4,11,15H,1-2,5-10,12,18H2. The predicted molar refractivity (Wildman–Crippen MR) is 82.1 cm³/mol. The van der Waals surface area contributed by atoms with E-state index >= 15 is 0 Å². The average molecular weight is 272 g/mol. The van der Waals surface area contributed by atoms with Gasteiger partial charge < -0.3 is 15.4 Å². The lowest BCUT2D eigenvalue weighted by Gasteiger charge is -2.27. The van der Waals surface area contributed by atoms with Gasteiger partial charge in [0.2, 0.25) is 0 Å². The normalized spacial score (nSPS) is 27.4. The molecule has 2 fully saturated rings. The molecule has 1 saturated heterocycles. The molecule has 0 radical (unpaired) electrons. The molecule has 1 atom stereocenters. The first-order valence-electron chi connectivity index (χ1n) is 8.05. The first kappa shape index (κ1) is 12.5. The maximum Gasteiger partial charge on any atom is 0.0758 e. The Morgan fingerprint density at radius 1 is 1.25 bits per heavy atom. The van der Waals surface area contributed by atoms with E-state index in [-0.39, 0.29) is 5.60 Å². The Balaban J connectivity index is 1.44. The summed E-state index contributed by atoms with van der Waals surface area (Å²) in [6, 6.07) is 6.33. The van der Waals surface area contributed by atoms with Gasteiger partial charge in [-0.25, -0.2) is 0 Å². The van der Waals surface area contributed by atoms with Gasteiger partial charge in [-0.3, -0.25) is 0 Å². The van der Waals surface area contributed by atoms with E-state index in [0.29, 0.717) is 6.10 Å². The Labute approximate surface area is 121 Å². The van der Waals surface area contributed by atoms with E-state index in [1.54, 1.807) is 0 Å². The fraction of sp³-hybridized carbons (Fsp3) is 0.647. The third-order valence-electron chi connectivity index (χ3n) is 5.37. The van der Waals surface area contributed by atoms with E-state index in [4.69, 9.17) is 10.5 Å². The summed E-state index contributed by atoms with van der Waals surface area (Å²) in [7, 11) is 0. The van der Waals surface area contributed by atoms with Gasteiger partial charge in [-0.05, 0) is 55.9 Å². The van der Waals surface area contributed by atoms with Crippen molar-refractivity contribution in [2.24, 2.45) is 0 Å². The molecule has 0 amide bonds. The Kier molecular flexibility index (Phi) is 2.92. The smallest absolute Gasteiger partial charge is 0.0758 e. The quantitative estimate of drug-likeness (QED) is 0.841. The monoisotopic (exact) mass is 272 g/mol. The molecule has 1 aromatic rings. The second kappa shape index (κ2) is 4.66. The first-order chi connectivity index (χ1) is 9.74. The van der Waals surface area contributed by atoms with Crippen LogP contribution in [0.25, 0.3) is 0 Å². The molecular formula is C17H24N2O. The van der Waals surface area contributed by atoms with Gasteiger partial charge in [-0.2, -0.15) is 0 Å². The number of nitrogens with two attached hydrogens (primary N) is 1. The van der Waals surface area contributed by atoms with Gasteiger partial charge >= 0.3 is 0 Å². The number of anilines is 2. The number of nitrogens with zero attached hydrogens (tertiary/aromatic N) is 1. The lowest BCUT2D eigenvalue weighted by Crippen LogP contribution is -2.33. The zero-order chi connectivity index (χ0) is 13.6. The number of hydrogen-bond acceptors (Lipinski definition) is 3. The Hall–Kier alpha value is -1.22. The number of nitrogen functional groups attached to an aromatic ring is 1. The summed E-state index contributed by atoms with van der Waals surface area (Å²) in [4.78, 5) is 2.49. The molecule has 1 aromatic carbocycles. The molecule has 2 N–H and O–H groups in total. The highest BCUT2D eigenvalue weighted by molar-refractivity contribution is 5.63. The van der Waals surface area contributed by atoms with Crippen LogP contribution in [0.4, 0.5) is 11.4 Å². The van der Waals surface area contributed by atoms with Crippen molar-refractivity contribution in [3.8, 4) is 0 Å². The second-order valence-corrected chi connectivity index (χ2v) is 6.75. The van der Waals surface area contributed by atoms with Crippen LogP contribution in [-0.2, 0) is 11.2 Å². The van der Waals surface area contributed by atoms with Gasteiger partial charge in [0.25, 0.3) is 0 Å². The molecule has 0 bridgehead atoms. The van der Waals surface area contributed by atoms with E-state index in [1.807, 2.05) is 6.07 Å². The molecule has 1 aliphatic carbocycles. The van der Waals surface area contributed by atoms with Crippen LogP contribution in [0.15, 0.2) is 18.2 Å². The number of rotatable bonds is 2. The highest BCUT2D eigenvalue weighted by Crippen LogP contribution is 2.44. The van der Waals surface area contributed by atoms with Crippen molar-refractivity contribution in [2.45, 2.75) is 56.7 Å². The minimum atomic E-state index is 0.258. The van der Waals surface area contributed by atoms with Crippen LogP contribution >= 0.6 is 0 Å². The molecule has 20 heavy (non-hydrogen) atoms. The fourth-order valence-electron chi connectivity index (χ4n) is 4.34. The zero-order valence-corrected chi connectivity index (χ0v) is 12.1. The molecule has 0 aromatic heterocycles.